The summed E-state index contributed by atoms with van der Waals surface area (Å²) >= 11 is 0. The van der Waals surface area contributed by atoms with Gasteiger partial charge in [0.1, 0.15) is 22.9 Å². The van der Waals surface area contributed by atoms with Crippen LogP contribution < -0.4 is 9.47 Å². The molecule has 0 N–H and O–H groups in total. The fourth-order valence-electron chi connectivity index (χ4n) is 2.63. The number of halogens is 9. The van der Waals surface area contributed by atoms with E-state index in [1.807, 2.05) is 6.92 Å². The highest BCUT2D eigenvalue weighted by atomic mass is 19.4. The zero-order valence-electron chi connectivity index (χ0n) is 15.4. The maximum atomic E-state index is 14.3. The highest BCUT2D eigenvalue weighted by molar-refractivity contribution is 5.36. The van der Waals surface area contributed by atoms with Crippen molar-refractivity contribution in [2.45, 2.75) is 45.1 Å². The zero-order valence-corrected chi connectivity index (χ0v) is 15.4. The van der Waals surface area contributed by atoms with Crippen LogP contribution in [0.25, 0.3) is 0 Å². The predicted octanol–water partition coefficient (Wildman–Crippen LogP) is 7.00. The van der Waals surface area contributed by atoms with Crippen LogP contribution in [0.4, 0.5) is 39.5 Å². The Hall–Kier alpha value is -2.59. The predicted molar refractivity (Wildman–Crippen MR) is 87.2 cm³/mol. The third-order valence-electron chi connectivity index (χ3n) is 3.90. The number of ether oxygens (including phenoxy) is 2. The second-order valence-electron chi connectivity index (χ2n) is 6.27. The number of hydrogen-bond donors (Lipinski definition) is 0. The summed E-state index contributed by atoms with van der Waals surface area (Å²) in [6.07, 6.45) is -7.76. The molecule has 2 nitrogen and oxygen atoms in total. The summed E-state index contributed by atoms with van der Waals surface area (Å²) in [4.78, 5) is 0. The molecule has 0 saturated heterocycles. The molecule has 0 aliphatic heterocycles. The third-order valence-corrected chi connectivity index (χ3v) is 3.90. The second kappa shape index (κ2) is 9.05. The molecule has 0 saturated carbocycles. The largest absolute Gasteiger partial charge is 0.573 e. The van der Waals surface area contributed by atoms with Gasteiger partial charge in [0.25, 0.3) is 0 Å². The van der Waals surface area contributed by atoms with Gasteiger partial charge in [-0.05, 0) is 30.5 Å². The lowest BCUT2D eigenvalue weighted by atomic mass is 10.0. The van der Waals surface area contributed by atoms with Crippen LogP contribution in [0.3, 0.4) is 0 Å². The molecule has 0 bridgehead atoms. The Morgan fingerprint density at radius 2 is 1.27 bits per heavy atom. The van der Waals surface area contributed by atoms with Gasteiger partial charge in [0.2, 0.25) is 5.75 Å². The first-order valence-corrected chi connectivity index (χ1v) is 8.64. The van der Waals surface area contributed by atoms with Gasteiger partial charge in [-0.2, -0.15) is 8.78 Å². The first-order valence-electron chi connectivity index (χ1n) is 8.64. The van der Waals surface area contributed by atoms with Crippen LogP contribution in [-0.4, -0.2) is 6.36 Å². The molecular weight excluding hydrogens is 431 g/mol. The van der Waals surface area contributed by atoms with E-state index in [1.165, 1.54) is 0 Å². The average molecular weight is 446 g/mol. The van der Waals surface area contributed by atoms with Crippen molar-refractivity contribution in [3.63, 3.8) is 0 Å². The average Bonchev–Trinajstić information content (AvgIpc) is 2.56. The minimum Gasteiger partial charge on any atom is -0.429 e. The Morgan fingerprint density at radius 3 is 1.73 bits per heavy atom. The first-order chi connectivity index (χ1) is 13.8. The molecule has 0 atom stereocenters. The lowest BCUT2D eigenvalue weighted by Gasteiger charge is -2.20. The standard InChI is InChI=1S/C19H15F9O2/c1-2-3-4-5-10-6-12(20)16(13(21)7-10)18(24,25)29-11-8-14(22)17(15(23)9-11)30-19(26,27)28/h6-9H,2-5H2,1H3. The van der Waals surface area contributed by atoms with E-state index in [0.717, 1.165) is 12.8 Å². The quantitative estimate of drug-likeness (QED) is 0.321. The van der Waals surface area contributed by atoms with Gasteiger partial charge in [-0.3, -0.25) is 0 Å². The molecule has 0 heterocycles. The highest BCUT2D eigenvalue weighted by Gasteiger charge is 2.42. The number of benzene rings is 2. The smallest absolute Gasteiger partial charge is 0.429 e. The van der Waals surface area contributed by atoms with Crippen molar-refractivity contribution in [3.05, 3.63) is 58.7 Å². The molecule has 0 fully saturated rings. The van der Waals surface area contributed by atoms with Crippen LogP contribution in [0.2, 0.25) is 0 Å². The van der Waals surface area contributed by atoms with Crippen molar-refractivity contribution in [1.29, 1.82) is 0 Å². The molecule has 0 aliphatic rings. The van der Waals surface area contributed by atoms with Gasteiger partial charge in [0, 0.05) is 12.1 Å². The van der Waals surface area contributed by atoms with Gasteiger partial charge >= 0.3 is 12.5 Å². The molecule has 0 aromatic heterocycles. The summed E-state index contributed by atoms with van der Waals surface area (Å²) in [7, 11) is 0. The Kier molecular flexibility index (Phi) is 7.14. The molecule has 166 valence electrons. The van der Waals surface area contributed by atoms with Crippen LogP contribution in [0.1, 0.15) is 37.3 Å². The summed E-state index contributed by atoms with van der Waals surface area (Å²) in [6.45, 7) is 1.90. The molecule has 0 unspecified atom stereocenters. The Bertz CT molecular complexity index is 848. The van der Waals surface area contributed by atoms with Crippen molar-refractivity contribution in [3.8, 4) is 11.5 Å². The minimum absolute atomic E-state index is 0.0347. The Balaban J connectivity index is 2.30. The third kappa shape index (κ3) is 5.96. The van der Waals surface area contributed by atoms with Gasteiger partial charge in [0.15, 0.2) is 11.6 Å². The van der Waals surface area contributed by atoms with E-state index >= 15 is 0 Å². The van der Waals surface area contributed by atoms with Gasteiger partial charge in [-0.25, -0.2) is 17.6 Å². The molecular formula is C19H15F9O2. The van der Waals surface area contributed by atoms with Crippen molar-refractivity contribution >= 4 is 0 Å². The summed E-state index contributed by atoms with van der Waals surface area (Å²) in [5.74, 6) is -10.5. The first kappa shape index (κ1) is 23.7. The van der Waals surface area contributed by atoms with Gasteiger partial charge < -0.3 is 9.47 Å². The number of hydrogen-bond acceptors (Lipinski definition) is 2. The van der Waals surface area contributed by atoms with Crippen LogP contribution in [-0.2, 0) is 12.5 Å². The van der Waals surface area contributed by atoms with E-state index in [0.29, 0.717) is 18.6 Å². The molecule has 0 amide bonds. The fourth-order valence-corrected chi connectivity index (χ4v) is 2.63. The van der Waals surface area contributed by atoms with E-state index in [2.05, 4.69) is 9.47 Å². The lowest BCUT2D eigenvalue weighted by molar-refractivity contribution is -0.276. The second-order valence-corrected chi connectivity index (χ2v) is 6.27. The van der Waals surface area contributed by atoms with Crippen LogP contribution in [0.5, 0.6) is 11.5 Å². The monoisotopic (exact) mass is 446 g/mol. The summed E-state index contributed by atoms with van der Waals surface area (Å²) in [5.41, 5.74) is -1.68. The lowest BCUT2D eigenvalue weighted by Crippen LogP contribution is -2.26. The van der Waals surface area contributed by atoms with Crippen molar-refractivity contribution in [2.75, 3.05) is 0 Å². The molecule has 11 heteroatoms. The Morgan fingerprint density at radius 1 is 0.733 bits per heavy atom. The van der Waals surface area contributed by atoms with Gasteiger partial charge in [-0.1, -0.05) is 19.8 Å². The summed E-state index contributed by atoms with van der Waals surface area (Å²) in [5, 5.41) is 0. The fraction of sp³-hybridized carbons (Fsp3) is 0.368. The van der Waals surface area contributed by atoms with Crippen LogP contribution >= 0.6 is 0 Å². The van der Waals surface area contributed by atoms with Crippen LogP contribution in [0.15, 0.2) is 24.3 Å². The van der Waals surface area contributed by atoms with E-state index in [-0.39, 0.29) is 24.1 Å². The molecule has 0 spiro atoms. The molecule has 2 aromatic rings. The number of alkyl halides is 5. The maximum absolute atomic E-state index is 14.3. The molecule has 0 radical (unpaired) electrons. The van der Waals surface area contributed by atoms with Gasteiger partial charge in [0.05, 0.1) is 0 Å². The maximum Gasteiger partial charge on any atom is 0.573 e. The van der Waals surface area contributed by atoms with Gasteiger partial charge in [-0.15, -0.1) is 13.2 Å². The number of rotatable bonds is 8. The molecule has 2 aromatic carbocycles. The highest BCUT2D eigenvalue weighted by Crippen LogP contribution is 2.38. The molecule has 0 aliphatic carbocycles. The number of unbranched alkanes of at least 4 members (excludes halogenated alkanes) is 2. The van der Waals surface area contributed by atoms with Crippen LogP contribution in [0, 0.1) is 23.3 Å². The Labute approximate surface area is 165 Å². The van der Waals surface area contributed by atoms with E-state index < -0.39 is 52.8 Å². The molecule has 2 rings (SSSR count). The van der Waals surface area contributed by atoms with Crippen molar-refractivity contribution in [1.82, 2.24) is 0 Å². The SMILES string of the molecule is CCCCCc1cc(F)c(C(F)(F)Oc2cc(F)c(OC(F)(F)F)c(F)c2)c(F)c1. The summed E-state index contributed by atoms with van der Waals surface area (Å²) in [6, 6.07) is 1.31. The minimum atomic E-state index is -5.45. The van der Waals surface area contributed by atoms with E-state index in [9.17, 15) is 39.5 Å². The van der Waals surface area contributed by atoms with E-state index in [4.69, 9.17) is 0 Å². The van der Waals surface area contributed by atoms with E-state index in [1.54, 1.807) is 0 Å². The molecule has 30 heavy (non-hydrogen) atoms. The topological polar surface area (TPSA) is 18.5 Å². The number of aryl methyl sites for hydroxylation is 1. The summed E-state index contributed by atoms with van der Waals surface area (Å²) < 4.78 is 128. The zero-order chi connectivity index (χ0) is 22.7. The van der Waals surface area contributed by atoms with Crippen molar-refractivity contribution < 1.29 is 49.0 Å². The normalized spacial score (nSPS) is 12.2. The van der Waals surface area contributed by atoms with Crippen molar-refractivity contribution in [2.24, 2.45) is 0 Å².